The van der Waals surface area contributed by atoms with E-state index in [4.69, 9.17) is 15.2 Å². The lowest BCUT2D eigenvalue weighted by atomic mass is 10.1. The summed E-state index contributed by atoms with van der Waals surface area (Å²) >= 11 is 0. The fourth-order valence-electron chi connectivity index (χ4n) is 2.12. The highest BCUT2D eigenvalue weighted by atomic mass is 16.5. The van der Waals surface area contributed by atoms with Crippen LogP contribution in [-0.2, 0) is 16.0 Å². The minimum absolute atomic E-state index is 0.114. The molecular formula is C15H22N2O3. The molecular weight excluding hydrogens is 256 g/mol. The first-order valence-corrected chi connectivity index (χ1v) is 6.90. The summed E-state index contributed by atoms with van der Waals surface area (Å²) in [7, 11) is 0. The van der Waals surface area contributed by atoms with Gasteiger partial charge in [0.15, 0.2) is 0 Å². The van der Waals surface area contributed by atoms with Crippen molar-refractivity contribution in [2.24, 2.45) is 5.73 Å². The first-order valence-electron chi connectivity index (χ1n) is 6.90. The zero-order valence-electron chi connectivity index (χ0n) is 12.0. The van der Waals surface area contributed by atoms with Gasteiger partial charge in [0.25, 0.3) is 0 Å². The molecule has 1 aromatic carbocycles. The number of benzene rings is 1. The Balaban J connectivity index is 1.78. The molecule has 1 aliphatic heterocycles. The molecule has 110 valence electrons. The van der Waals surface area contributed by atoms with E-state index in [0.717, 1.165) is 17.9 Å². The summed E-state index contributed by atoms with van der Waals surface area (Å²) in [4.78, 5) is 13.1. The van der Waals surface area contributed by atoms with Crippen LogP contribution in [0.5, 0.6) is 5.75 Å². The molecule has 0 bridgehead atoms. The molecule has 2 N–H and O–H groups in total. The van der Waals surface area contributed by atoms with Gasteiger partial charge < -0.3 is 15.2 Å². The first-order chi connectivity index (χ1) is 9.54. The zero-order valence-corrected chi connectivity index (χ0v) is 12.0. The normalized spacial score (nSPS) is 19.4. The highest BCUT2D eigenvalue weighted by Crippen LogP contribution is 2.16. The number of hydrogen-bond acceptors (Lipinski definition) is 4. The van der Waals surface area contributed by atoms with Crippen LogP contribution in [-0.4, -0.2) is 42.8 Å². The molecule has 1 amide bonds. The van der Waals surface area contributed by atoms with Crippen molar-refractivity contribution < 1.29 is 14.3 Å². The average molecular weight is 278 g/mol. The summed E-state index contributed by atoms with van der Waals surface area (Å²) in [6.07, 6.45) is 0.373. The Morgan fingerprint density at radius 1 is 1.45 bits per heavy atom. The van der Waals surface area contributed by atoms with Crippen LogP contribution in [0.1, 0.15) is 19.4 Å². The predicted molar refractivity (Wildman–Crippen MR) is 76.4 cm³/mol. The Morgan fingerprint density at radius 2 is 2.15 bits per heavy atom. The van der Waals surface area contributed by atoms with Crippen LogP contribution in [0.4, 0.5) is 0 Å². The van der Waals surface area contributed by atoms with Gasteiger partial charge in [-0.25, -0.2) is 0 Å². The SMILES string of the molecule is CC(C)N1COC(COc2ccc(CC(N)=O)cc2)C1. The fourth-order valence-corrected chi connectivity index (χ4v) is 2.12. The molecule has 1 atom stereocenters. The van der Waals surface area contributed by atoms with Gasteiger partial charge in [0.05, 0.1) is 13.2 Å². The molecule has 0 radical (unpaired) electrons. The summed E-state index contributed by atoms with van der Waals surface area (Å²) in [6, 6.07) is 7.92. The van der Waals surface area contributed by atoms with Crippen molar-refractivity contribution in [3.8, 4) is 5.75 Å². The molecule has 0 saturated carbocycles. The summed E-state index contributed by atoms with van der Waals surface area (Å²) in [5.74, 6) is 0.455. The molecule has 1 aliphatic rings. The minimum Gasteiger partial charge on any atom is -0.491 e. The minimum atomic E-state index is -0.327. The van der Waals surface area contributed by atoms with E-state index < -0.39 is 0 Å². The standard InChI is InChI=1S/C15H22N2O3/c1-11(2)17-8-14(20-10-17)9-19-13-5-3-12(4-6-13)7-15(16)18/h3-6,11,14H,7-10H2,1-2H3,(H2,16,18). The lowest BCUT2D eigenvalue weighted by molar-refractivity contribution is -0.117. The average Bonchev–Trinajstić information content (AvgIpc) is 2.86. The molecule has 5 heteroatoms. The van der Waals surface area contributed by atoms with Gasteiger partial charge in [-0.05, 0) is 31.5 Å². The molecule has 2 rings (SSSR count). The molecule has 1 saturated heterocycles. The van der Waals surface area contributed by atoms with Crippen molar-refractivity contribution >= 4 is 5.91 Å². The van der Waals surface area contributed by atoms with Crippen molar-refractivity contribution in [3.05, 3.63) is 29.8 Å². The molecule has 5 nitrogen and oxygen atoms in total. The quantitative estimate of drug-likeness (QED) is 0.848. The second-order valence-electron chi connectivity index (χ2n) is 5.38. The third-order valence-corrected chi connectivity index (χ3v) is 3.38. The maximum Gasteiger partial charge on any atom is 0.221 e. The van der Waals surface area contributed by atoms with E-state index in [0.29, 0.717) is 19.4 Å². The molecule has 1 aromatic rings. The number of primary amides is 1. The third kappa shape index (κ3) is 4.21. The molecule has 20 heavy (non-hydrogen) atoms. The Labute approximate surface area is 119 Å². The number of hydrogen-bond donors (Lipinski definition) is 1. The van der Waals surface area contributed by atoms with Crippen LogP contribution in [0, 0.1) is 0 Å². The number of carbonyl (C=O) groups is 1. The molecule has 1 unspecified atom stereocenters. The number of rotatable bonds is 6. The lowest BCUT2D eigenvalue weighted by Crippen LogP contribution is -2.30. The molecule has 1 fully saturated rings. The van der Waals surface area contributed by atoms with Crippen LogP contribution >= 0.6 is 0 Å². The van der Waals surface area contributed by atoms with E-state index in [1.807, 2.05) is 24.3 Å². The van der Waals surface area contributed by atoms with E-state index in [1.54, 1.807) is 0 Å². The predicted octanol–water partition coefficient (Wildman–Crippen LogP) is 1.16. The second-order valence-corrected chi connectivity index (χ2v) is 5.38. The number of nitrogens with two attached hydrogens (primary N) is 1. The molecule has 0 spiro atoms. The monoisotopic (exact) mass is 278 g/mol. The topological polar surface area (TPSA) is 64.8 Å². The van der Waals surface area contributed by atoms with Crippen LogP contribution in [0.3, 0.4) is 0 Å². The Hall–Kier alpha value is -1.59. The number of nitrogens with zero attached hydrogens (tertiary/aromatic N) is 1. The van der Waals surface area contributed by atoms with Crippen LogP contribution in [0.15, 0.2) is 24.3 Å². The second kappa shape index (κ2) is 6.72. The Kier molecular flexibility index (Phi) is 4.98. The van der Waals surface area contributed by atoms with Crippen molar-refractivity contribution in [1.29, 1.82) is 0 Å². The zero-order chi connectivity index (χ0) is 14.5. The van der Waals surface area contributed by atoms with E-state index >= 15 is 0 Å². The van der Waals surface area contributed by atoms with Crippen LogP contribution in [0.2, 0.25) is 0 Å². The van der Waals surface area contributed by atoms with Crippen molar-refractivity contribution in [2.45, 2.75) is 32.4 Å². The van der Waals surface area contributed by atoms with Crippen molar-refractivity contribution in [1.82, 2.24) is 4.90 Å². The summed E-state index contributed by atoms with van der Waals surface area (Å²) in [6.45, 7) is 6.42. The van der Waals surface area contributed by atoms with Gasteiger partial charge in [-0.2, -0.15) is 0 Å². The summed E-state index contributed by atoms with van der Waals surface area (Å²) < 4.78 is 11.4. The Morgan fingerprint density at radius 3 is 2.70 bits per heavy atom. The highest BCUT2D eigenvalue weighted by molar-refractivity contribution is 5.76. The van der Waals surface area contributed by atoms with Crippen molar-refractivity contribution in [3.63, 3.8) is 0 Å². The van der Waals surface area contributed by atoms with Gasteiger partial charge in [0.1, 0.15) is 18.5 Å². The van der Waals surface area contributed by atoms with Gasteiger partial charge in [0, 0.05) is 12.6 Å². The van der Waals surface area contributed by atoms with E-state index in [2.05, 4.69) is 18.7 Å². The maximum absolute atomic E-state index is 10.8. The number of amides is 1. The number of ether oxygens (including phenoxy) is 2. The van der Waals surface area contributed by atoms with Crippen molar-refractivity contribution in [2.75, 3.05) is 19.9 Å². The van der Waals surface area contributed by atoms with Gasteiger partial charge in [-0.3, -0.25) is 9.69 Å². The van der Waals surface area contributed by atoms with Crippen LogP contribution in [0.25, 0.3) is 0 Å². The molecule has 0 aliphatic carbocycles. The summed E-state index contributed by atoms with van der Waals surface area (Å²) in [5.41, 5.74) is 6.05. The fraction of sp³-hybridized carbons (Fsp3) is 0.533. The van der Waals surface area contributed by atoms with Gasteiger partial charge in [-0.15, -0.1) is 0 Å². The van der Waals surface area contributed by atoms with Gasteiger partial charge in [0.2, 0.25) is 5.91 Å². The maximum atomic E-state index is 10.8. The van der Waals surface area contributed by atoms with Gasteiger partial charge in [-0.1, -0.05) is 12.1 Å². The highest BCUT2D eigenvalue weighted by Gasteiger charge is 2.25. The summed E-state index contributed by atoms with van der Waals surface area (Å²) in [5, 5.41) is 0. The van der Waals surface area contributed by atoms with E-state index in [1.165, 1.54) is 0 Å². The van der Waals surface area contributed by atoms with Gasteiger partial charge >= 0.3 is 0 Å². The van der Waals surface area contributed by atoms with Crippen LogP contribution < -0.4 is 10.5 Å². The molecule has 1 heterocycles. The first kappa shape index (κ1) is 14.8. The van der Waals surface area contributed by atoms with E-state index in [9.17, 15) is 4.79 Å². The Bertz CT molecular complexity index is 445. The van der Waals surface area contributed by atoms with E-state index in [-0.39, 0.29) is 18.4 Å². The molecule has 0 aromatic heterocycles. The number of carbonyl (C=O) groups excluding carboxylic acids is 1. The largest absolute Gasteiger partial charge is 0.491 e. The third-order valence-electron chi connectivity index (χ3n) is 3.38. The lowest BCUT2D eigenvalue weighted by Gasteiger charge is -2.17. The smallest absolute Gasteiger partial charge is 0.221 e.